The predicted octanol–water partition coefficient (Wildman–Crippen LogP) is 4.16. The van der Waals surface area contributed by atoms with E-state index in [4.69, 9.17) is 17.0 Å². The fourth-order valence-electron chi connectivity index (χ4n) is 2.80. The first-order valence-electron chi connectivity index (χ1n) is 8.71. The molecule has 0 bridgehead atoms. The van der Waals surface area contributed by atoms with E-state index in [1.807, 2.05) is 24.3 Å². The van der Waals surface area contributed by atoms with Crippen molar-refractivity contribution in [3.63, 3.8) is 0 Å². The Morgan fingerprint density at radius 2 is 2.07 bits per heavy atom. The first kappa shape index (κ1) is 19.5. The number of nitrogens with one attached hydrogen (secondary N) is 2. The zero-order valence-electron chi connectivity index (χ0n) is 14.8. The van der Waals surface area contributed by atoms with E-state index in [0.29, 0.717) is 36.1 Å². The molecule has 146 valence electrons. The van der Waals surface area contributed by atoms with Gasteiger partial charge in [0.15, 0.2) is 10.8 Å². The zero-order valence-corrected chi connectivity index (χ0v) is 15.7. The molecule has 2 aromatic rings. The summed E-state index contributed by atoms with van der Waals surface area (Å²) in [6.07, 6.45) is -1.96. The van der Waals surface area contributed by atoms with Crippen LogP contribution in [-0.2, 0) is 12.7 Å². The summed E-state index contributed by atoms with van der Waals surface area (Å²) >= 11 is 5.25. The highest BCUT2D eigenvalue weighted by molar-refractivity contribution is 7.80. The normalized spacial score (nSPS) is 14.1. The van der Waals surface area contributed by atoms with Crippen LogP contribution in [0, 0.1) is 0 Å². The summed E-state index contributed by atoms with van der Waals surface area (Å²) < 4.78 is 45.4. The second-order valence-electron chi connectivity index (χ2n) is 6.38. The summed E-state index contributed by atoms with van der Waals surface area (Å²) in [4.78, 5) is 0. The van der Waals surface area contributed by atoms with Gasteiger partial charge in [0, 0.05) is 24.7 Å². The van der Waals surface area contributed by atoms with Gasteiger partial charge < -0.3 is 15.4 Å². The van der Waals surface area contributed by atoms with Crippen molar-refractivity contribution in [2.45, 2.75) is 37.9 Å². The fraction of sp³-hybridized carbons (Fsp3) is 0.444. The van der Waals surface area contributed by atoms with Crippen LogP contribution in [0.2, 0.25) is 0 Å². The summed E-state index contributed by atoms with van der Waals surface area (Å²) in [5.41, 5.74) is 0.609. The van der Waals surface area contributed by atoms with Crippen molar-refractivity contribution >= 4 is 23.0 Å². The van der Waals surface area contributed by atoms with E-state index in [-0.39, 0.29) is 5.92 Å². The van der Waals surface area contributed by atoms with Crippen LogP contribution < -0.4 is 15.4 Å². The number of para-hydroxylation sites is 2. The molecule has 1 saturated carbocycles. The van der Waals surface area contributed by atoms with Crippen LogP contribution in [-0.4, -0.2) is 28.5 Å². The monoisotopic (exact) mass is 398 g/mol. The number of aromatic nitrogens is 2. The van der Waals surface area contributed by atoms with Gasteiger partial charge in [0.1, 0.15) is 5.75 Å². The van der Waals surface area contributed by atoms with Crippen LogP contribution in [0.1, 0.15) is 36.6 Å². The number of benzene rings is 1. The molecule has 0 aliphatic heterocycles. The van der Waals surface area contributed by atoms with Crippen LogP contribution in [0.25, 0.3) is 0 Å². The Labute approximate surface area is 160 Å². The van der Waals surface area contributed by atoms with E-state index >= 15 is 0 Å². The van der Waals surface area contributed by atoms with Gasteiger partial charge >= 0.3 is 6.18 Å². The maximum atomic E-state index is 12.9. The number of methoxy groups -OCH3 is 1. The lowest BCUT2D eigenvalue weighted by Crippen LogP contribution is -2.30. The molecule has 0 saturated heterocycles. The van der Waals surface area contributed by atoms with Crippen molar-refractivity contribution in [3.05, 3.63) is 41.7 Å². The SMILES string of the molecule is COc1ccccc1NC(=S)NCCCn1nc(C(F)(F)F)cc1C1CC1. The van der Waals surface area contributed by atoms with E-state index < -0.39 is 11.9 Å². The van der Waals surface area contributed by atoms with Crippen LogP contribution >= 0.6 is 12.2 Å². The molecule has 0 atom stereocenters. The number of rotatable bonds is 7. The lowest BCUT2D eigenvalue weighted by Gasteiger charge is -2.13. The van der Waals surface area contributed by atoms with Crippen LogP contribution in [0.5, 0.6) is 5.75 Å². The average Bonchev–Trinajstić information content (AvgIpc) is 3.37. The smallest absolute Gasteiger partial charge is 0.435 e. The molecule has 1 aromatic heterocycles. The average molecular weight is 398 g/mol. The summed E-state index contributed by atoms with van der Waals surface area (Å²) in [6, 6.07) is 8.57. The molecule has 0 radical (unpaired) electrons. The van der Waals surface area contributed by atoms with Crippen LogP contribution in [0.3, 0.4) is 0 Å². The standard InChI is InChI=1S/C18H21F3N4OS/c1-26-15-6-3-2-5-13(15)23-17(27)22-9-4-10-25-14(12-7-8-12)11-16(24-25)18(19,20)21/h2-3,5-6,11-12H,4,7-10H2,1H3,(H2,22,23,27). The van der Waals surface area contributed by atoms with Gasteiger partial charge in [-0.2, -0.15) is 18.3 Å². The van der Waals surface area contributed by atoms with Gasteiger partial charge in [0.25, 0.3) is 0 Å². The molecule has 3 rings (SSSR count). The molecule has 1 heterocycles. The molecular weight excluding hydrogens is 377 g/mol. The molecule has 1 aromatic carbocycles. The van der Waals surface area contributed by atoms with Crippen molar-refractivity contribution in [2.24, 2.45) is 0 Å². The van der Waals surface area contributed by atoms with Gasteiger partial charge in [-0.15, -0.1) is 0 Å². The summed E-state index contributed by atoms with van der Waals surface area (Å²) in [7, 11) is 1.58. The van der Waals surface area contributed by atoms with E-state index in [0.717, 1.165) is 18.5 Å². The molecular formula is C18H21F3N4OS. The van der Waals surface area contributed by atoms with E-state index in [9.17, 15) is 13.2 Å². The fourth-order valence-corrected chi connectivity index (χ4v) is 3.01. The Bertz CT molecular complexity index is 802. The van der Waals surface area contributed by atoms with Crippen molar-refractivity contribution in [1.29, 1.82) is 0 Å². The first-order valence-corrected chi connectivity index (χ1v) is 9.12. The van der Waals surface area contributed by atoms with Crippen LogP contribution in [0.15, 0.2) is 30.3 Å². The van der Waals surface area contributed by atoms with Gasteiger partial charge in [-0.1, -0.05) is 12.1 Å². The third-order valence-corrected chi connectivity index (χ3v) is 4.53. The number of nitrogens with zero attached hydrogens (tertiary/aromatic N) is 2. The van der Waals surface area contributed by atoms with Crippen LogP contribution in [0.4, 0.5) is 18.9 Å². The first-order chi connectivity index (χ1) is 12.9. The maximum Gasteiger partial charge on any atom is 0.435 e. The molecule has 27 heavy (non-hydrogen) atoms. The minimum absolute atomic E-state index is 0.204. The quantitative estimate of drug-likeness (QED) is 0.542. The number of halogens is 3. The van der Waals surface area contributed by atoms with Gasteiger partial charge in [0.05, 0.1) is 12.8 Å². The summed E-state index contributed by atoms with van der Waals surface area (Å²) in [5, 5.41) is 10.3. The maximum absolute atomic E-state index is 12.9. The molecule has 1 aliphatic carbocycles. The van der Waals surface area contributed by atoms with Crippen molar-refractivity contribution in [1.82, 2.24) is 15.1 Å². The molecule has 0 spiro atoms. The number of thiocarbonyl (C=S) groups is 1. The molecule has 9 heteroatoms. The van der Waals surface area contributed by atoms with Gasteiger partial charge in [-0.05, 0) is 49.7 Å². The minimum atomic E-state index is -4.41. The molecule has 0 amide bonds. The third-order valence-electron chi connectivity index (χ3n) is 4.28. The largest absolute Gasteiger partial charge is 0.495 e. The Hall–Kier alpha value is -2.29. The topological polar surface area (TPSA) is 51.1 Å². The molecule has 2 N–H and O–H groups in total. The van der Waals surface area contributed by atoms with Crippen molar-refractivity contribution in [3.8, 4) is 5.75 Å². The molecule has 1 aliphatic rings. The lowest BCUT2D eigenvalue weighted by molar-refractivity contribution is -0.141. The van der Waals surface area contributed by atoms with Gasteiger partial charge in [-0.3, -0.25) is 4.68 Å². The summed E-state index contributed by atoms with van der Waals surface area (Å²) in [5.74, 6) is 0.877. The minimum Gasteiger partial charge on any atom is -0.495 e. The molecule has 5 nitrogen and oxygen atoms in total. The Kier molecular flexibility index (Phi) is 5.88. The highest BCUT2D eigenvalue weighted by Crippen LogP contribution is 2.42. The number of aryl methyl sites for hydroxylation is 1. The van der Waals surface area contributed by atoms with E-state index in [2.05, 4.69) is 15.7 Å². The number of anilines is 1. The number of hydrogen-bond acceptors (Lipinski definition) is 3. The highest BCUT2D eigenvalue weighted by atomic mass is 32.1. The summed E-state index contributed by atoms with van der Waals surface area (Å²) in [6.45, 7) is 0.929. The second-order valence-corrected chi connectivity index (χ2v) is 6.79. The molecule has 1 fully saturated rings. The van der Waals surface area contributed by atoms with Crippen molar-refractivity contribution in [2.75, 3.05) is 19.0 Å². The number of alkyl halides is 3. The molecule has 0 unspecified atom stereocenters. The Morgan fingerprint density at radius 1 is 1.33 bits per heavy atom. The van der Waals surface area contributed by atoms with Gasteiger partial charge in [0.2, 0.25) is 0 Å². The van der Waals surface area contributed by atoms with E-state index in [1.54, 1.807) is 7.11 Å². The Balaban J connectivity index is 1.50. The van der Waals surface area contributed by atoms with Gasteiger partial charge in [-0.25, -0.2) is 0 Å². The third kappa shape index (κ3) is 5.12. The second kappa shape index (κ2) is 8.16. The van der Waals surface area contributed by atoms with E-state index in [1.165, 1.54) is 10.7 Å². The predicted molar refractivity (Wildman–Crippen MR) is 101 cm³/mol. The Morgan fingerprint density at radius 3 is 2.74 bits per heavy atom. The number of hydrogen-bond donors (Lipinski definition) is 2. The number of ether oxygens (including phenoxy) is 1. The van der Waals surface area contributed by atoms with Crippen molar-refractivity contribution < 1.29 is 17.9 Å². The highest BCUT2D eigenvalue weighted by Gasteiger charge is 2.37. The zero-order chi connectivity index (χ0) is 19.4. The lowest BCUT2D eigenvalue weighted by atomic mass is 10.2.